The first kappa shape index (κ1) is 18.7. The summed E-state index contributed by atoms with van der Waals surface area (Å²) in [5.74, 6) is 0. The van der Waals surface area contributed by atoms with Crippen molar-refractivity contribution in [3.8, 4) is 0 Å². The van der Waals surface area contributed by atoms with E-state index in [1.54, 1.807) is 19.9 Å². The summed E-state index contributed by atoms with van der Waals surface area (Å²) in [7, 11) is 0.147. The predicted molar refractivity (Wildman–Crippen MR) is 92.5 cm³/mol. The molecule has 0 saturated carbocycles. The SMILES string of the molecule is CCOP(=O)(OCC)OCc1cc(=O)oc2cc(N(C)C)ccc12. The Morgan fingerprint density at radius 2 is 1.75 bits per heavy atom. The zero-order chi connectivity index (χ0) is 17.7. The van der Waals surface area contributed by atoms with Crippen molar-refractivity contribution >= 4 is 24.5 Å². The smallest absolute Gasteiger partial charge is 0.423 e. The molecule has 7 nitrogen and oxygen atoms in total. The minimum Gasteiger partial charge on any atom is -0.423 e. The van der Waals surface area contributed by atoms with Crippen molar-refractivity contribution in [2.45, 2.75) is 20.5 Å². The third kappa shape index (κ3) is 4.45. The number of anilines is 1. The van der Waals surface area contributed by atoms with E-state index < -0.39 is 13.4 Å². The maximum atomic E-state index is 12.4. The van der Waals surface area contributed by atoms with Gasteiger partial charge in [-0.05, 0) is 31.5 Å². The van der Waals surface area contributed by atoms with E-state index in [1.807, 2.05) is 31.1 Å². The van der Waals surface area contributed by atoms with Gasteiger partial charge in [0.15, 0.2) is 0 Å². The van der Waals surface area contributed by atoms with Crippen LogP contribution in [0.5, 0.6) is 0 Å². The lowest BCUT2D eigenvalue weighted by Crippen LogP contribution is -2.09. The summed E-state index contributed by atoms with van der Waals surface area (Å²) in [4.78, 5) is 13.7. The van der Waals surface area contributed by atoms with Gasteiger partial charge in [-0.3, -0.25) is 13.6 Å². The van der Waals surface area contributed by atoms with Crippen molar-refractivity contribution in [1.29, 1.82) is 0 Å². The van der Waals surface area contributed by atoms with Crippen LogP contribution in [0, 0.1) is 0 Å². The molecule has 1 heterocycles. The van der Waals surface area contributed by atoms with Crippen molar-refractivity contribution in [1.82, 2.24) is 0 Å². The Hall–Kier alpha value is -1.66. The molecule has 2 rings (SSSR count). The van der Waals surface area contributed by atoms with Crippen LogP contribution in [0.1, 0.15) is 19.4 Å². The highest BCUT2D eigenvalue weighted by atomic mass is 31.2. The van der Waals surface area contributed by atoms with Gasteiger partial charge in [0.1, 0.15) is 5.58 Å². The van der Waals surface area contributed by atoms with Crippen LogP contribution in [0.2, 0.25) is 0 Å². The molecular weight excluding hydrogens is 333 g/mol. The Labute approximate surface area is 140 Å². The first-order valence-corrected chi connectivity index (χ1v) is 9.12. The molecule has 1 aromatic carbocycles. The third-order valence-electron chi connectivity index (χ3n) is 3.28. The van der Waals surface area contributed by atoms with Crippen molar-refractivity contribution in [2.24, 2.45) is 0 Å². The van der Waals surface area contributed by atoms with Crippen molar-refractivity contribution in [3.05, 3.63) is 40.2 Å². The van der Waals surface area contributed by atoms with Gasteiger partial charge in [0.2, 0.25) is 0 Å². The minimum atomic E-state index is -3.64. The van der Waals surface area contributed by atoms with Gasteiger partial charge in [0, 0.05) is 37.3 Å². The van der Waals surface area contributed by atoms with Crippen LogP contribution in [-0.2, 0) is 24.7 Å². The lowest BCUT2D eigenvalue weighted by atomic mass is 10.1. The van der Waals surface area contributed by atoms with Crippen LogP contribution in [0.15, 0.2) is 33.5 Å². The molecule has 0 saturated heterocycles. The highest BCUT2D eigenvalue weighted by Crippen LogP contribution is 2.50. The standard InChI is InChI=1S/C16H22NO6P/c1-5-20-24(19,21-6-2)22-11-12-9-16(18)23-15-10-13(17(3)4)7-8-14(12)15/h7-10H,5-6,11H2,1-4H3. The maximum Gasteiger partial charge on any atom is 0.475 e. The Kier molecular flexibility index (Phi) is 6.18. The molecule has 0 bridgehead atoms. The highest BCUT2D eigenvalue weighted by Gasteiger charge is 2.25. The number of benzene rings is 1. The number of phosphoric acid groups is 1. The molecule has 132 valence electrons. The fourth-order valence-electron chi connectivity index (χ4n) is 2.19. The number of nitrogens with zero attached hydrogens (tertiary/aromatic N) is 1. The van der Waals surface area contributed by atoms with Gasteiger partial charge in [0.25, 0.3) is 0 Å². The van der Waals surface area contributed by atoms with Crippen molar-refractivity contribution in [2.75, 3.05) is 32.2 Å². The fraction of sp³-hybridized carbons (Fsp3) is 0.438. The molecule has 0 aliphatic carbocycles. The second-order valence-electron chi connectivity index (χ2n) is 5.22. The predicted octanol–water partition coefficient (Wildman–Crippen LogP) is 3.56. The number of rotatable bonds is 8. The fourth-order valence-corrected chi connectivity index (χ4v) is 3.35. The van der Waals surface area contributed by atoms with E-state index in [0.29, 0.717) is 16.5 Å². The molecule has 1 aromatic heterocycles. The first-order chi connectivity index (χ1) is 11.4. The van der Waals surface area contributed by atoms with Crippen LogP contribution in [0.25, 0.3) is 11.0 Å². The number of fused-ring (bicyclic) bond motifs is 1. The topological polar surface area (TPSA) is 78.2 Å². The van der Waals surface area contributed by atoms with Crippen LogP contribution < -0.4 is 10.5 Å². The van der Waals surface area contributed by atoms with Gasteiger partial charge >= 0.3 is 13.4 Å². The van der Waals surface area contributed by atoms with Gasteiger partial charge in [-0.1, -0.05) is 0 Å². The van der Waals surface area contributed by atoms with Crippen LogP contribution in [0.4, 0.5) is 5.69 Å². The Morgan fingerprint density at radius 3 is 2.33 bits per heavy atom. The largest absolute Gasteiger partial charge is 0.475 e. The molecule has 0 aliphatic rings. The third-order valence-corrected chi connectivity index (χ3v) is 4.88. The molecule has 24 heavy (non-hydrogen) atoms. The van der Waals surface area contributed by atoms with E-state index in [9.17, 15) is 9.36 Å². The lowest BCUT2D eigenvalue weighted by Gasteiger charge is -2.17. The summed E-state index contributed by atoms with van der Waals surface area (Å²) in [5.41, 5.74) is 1.40. The van der Waals surface area contributed by atoms with E-state index >= 15 is 0 Å². The van der Waals surface area contributed by atoms with E-state index in [2.05, 4.69) is 0 Å². The Bertz CT molecular complexity index is 791. The van der Waals surface area contributed by atoms with Gasteiger partial charge in [-0.2, -0.15) is 0 Å². The summed E-state index contributed by atoms with van der Waals surface area (Å²) in [6.45, 7) is 3.71. The molecule has 0 aliphatic heterocycles. The van der Waals surface area contributed by atoms with Crippen LogP contribution in [-0.4, -0.2) is 27.3 Å². The molecule has 0 radical (unpaired) electrons. The number of phosphoric ester groups is 1. The number of hydrogen-bond donors (Lipinski definition) is 0. The summed E-state index contributed by atoms with van der Waals surface area (Å²) >= 11 is 0. The van der Waals surface area contributed by atoms with E-state index in [-0.39, 0.29) is 19.8 Å². The van der Waals surface area contributed by atoms with Crippen molar-refractivity contribution < 1.29 is 22.6 Å². The Morgan fingerprint density at radius 1 is 1.08 bits per heavy atom. The summed E-state index contributed by atoms with van der Waals surface area (Å²) in [6, 6.07) is 6.82. The van der Waals surface area contributed by atoms with E-state index in [1.165, 1.54) is 6.07 Å². The molecule has 0 atom stereocenters. The summed E-state index contributed by atoms with van der Waals surface area (Å²) in [5, 5.41) is 0.708. The quantitative estimate of drug-likeness (QED) is 0.529. The van der Waals surface area contributed by atoms with E-state index in [0.717, 1.165) is 5.69 Å². The van der Waals surface area contributed by atoms with Crippen LogP contribution >= 0.6 is 7.82 Å². The second-order valence-corrected chi connectivity index (χ2v) is 6.89. The Balaban J connectivity index is 2.34. The molecular formula is C16H22NO6P. The molecule has 0 amide bonds. The molecule has 0 unspecified atom stereocenters. The monoisotopic (exact) mass is 355 g/mol. The minimum absolute atomic E-state index is 0.0827. The lowest BCUT2D eigenvalue weighted by molar-refractivity contribution is 0.116. The van der Waals surface area contributed by atoms with Gasteiger partial charge < -0.3 is 9.32 Å². The molecule has 8 heteroatoms. The van der Waals surface area contributed by atoms with Crippen molar-refractivity contribution in [3.63, 3.8) is 0 Å². The second kappa shape index (κ2) is 7.94. The average Bonchev–Trinajstić information content (AvgIpc) is 2.52. The van der Waals surface area contributed by atoms with Gasteiger partial charge in [-0.15, -0.1) is 0 Å². The maximum absolute atomic E-state index is 12.4. The zero-order valence-electron chi connectivity index (χ0n) is 14.3. The van der Waals surface area contributed by atoms with Gasteiger partial charge in [-0.25, -0.2) is 9.36 Å². The summed E-state index contributed by atoms with van der Waals surface area (Å²) in [6.07, 6.45) is 0. The zero-order valence-corrected chi connectivity index (χ0v) is 15.2. The van der Waals surface area contributed by atoms with Gasteiger partial charge in [0.05, 0.1) is 19.8 Å². The van der Waals surface area contributed by atoms with Crippen LogP contribution in [0.3, 0.4) is 0 Å². The average molecular weight is 355 g/mol. The molecule has 0 N–H and O–H groups in total. The van der Waals surface area contributed by atoms with E-state index in [4.69, 9.17) is 18.0 Å². The summed E-state index contributed by atoms with van der Waals surface area (Å²) < 4.78 is 33.2. The highest BCUT2D eigenvalue weighted by molar-refractivity contribution is 7.48. The number of hydrogen-bond acceptors (Lipinski definition) is 7. The molecule has 0 fully saturated rings. The molecule has 0 spiro atoms. The normalized spacial score (nSPS) is 11.8. The molecule has 2 aromatic rings. The first-order valence-electron chi connectivity index (χ1n) is 7.66.